The summed E-state index contributed by atoms with van der Waals surface area (Å²) in [6.45, 7) is 3.75. The summed E-state index contributed by atoms with van der Waals surface area (Å²) in [6.07, 6.45) is 5.57. The molecular formula is C14H16FN5. The molecule has 1 saturated heterocycles. The van der Waals surface area contributed by atoms with Crippen molar-refractivity contribution in [3.63, 3.8) is 0 Å². The third kappa shape index (κ3) is 2.91. The zero-order chi connectivity index (χ0) is 13.8. The van der Waals surface area contributed by atoms with Gasteiger partial charge in [0.25, 0.3) is 0 Å². The first kappa shape index (κ1) is 12.9. The molecule has 0 amide bonds. The molecule has 0 bridgehead atoms. The molecule has 6 heteroatoms. The molecule has 0 atom stereocenters. The largest absolute Gasteiger partial charge is 0.339 e. The summed E-state index contributed by atoms with van der Waals surface area (Å²) in [5, 5.41) is 3.34. The van der Waals surface area contributed by atoms with E-state index in [0.717, 1.165) is 32.6 Å². The van der Waals surface area contributed by atoms with Gasteiger partial charge in [-0.15, -0.1) is 0 Å². The number of rotatable bonds is 2. The molecule has 3 heterocycles. The maximum Gasteiger partial charge on any atom is 0.225 e. The number of pyridine rings is 1. The second-order valence-corrected chi connectivity index (χ2v) is 4.72. The van der Waals surface area contributed by atoms with Crippen LogP contribution in [0.5, 0.6) is 0 Å². The van der Waals surface area contributed by atoms with Gasteiger partial charge in [-0.2, -0.15) is 0 Å². The lowest BCUT2D eigenvalue weighted by Crippen LogP contribution is -2.29. The summed E-state index contributed by atoms with van der Waals surface area (Å²) in [6, 6.07) is 3.21. The molecule has 2 aromatic rings. The average molecular weight is 273 g/mol. The Hall–Kier alpha value is -2.08. The highest BCUT2D eigenvalue weighted by molar-refractivity contribution is 5.58. The molecule has 0 radical (unpaired) electrons. The van der Waals surface area contributed by atoms with E-state index < -0.39 is 0 Å². The van der Waals surface area contributed by atoms with Gasteiger partial charge in [0.1, 0.15) is 5.82 Å². The molecule has 0 spiro atoms. The Balaban J connectivity index is 1.89. The molecule has 0 unspecified atom stereocenters. The molecule has 1 aliphatic rings. The van der Waals surface area contributed by atoms with Crippen LogP contribution in [-0.4, -0.2) is 41.1 Å². The van der Waals surface area contributed by atoms with Gasteiger partial charge in [-0.3, -0.25) is 4.98 Å². The Morgan fingerprint density at radius 1 is 1.20 bits per heavy atom. The minimum Gasteiger partial charge on any atom is -0.339 e. The number of nitrogens with one attached hydrogen (secondary N) is 1. The van der Waals surface area contributed by atoms with Crippen LogP contribution in [0.4, 0.5) is 10.3 Å². The normalized spacial score (nSPS) is 15.9. The van der Waals surface area contributed by atoms with Crippen molar-refractivity contribution in [3.8, 4) is 11.3 Å². The van der Waals surface area contributed by atoms with Gasteiger partial charge in [-0.25, -0.2) is 14.4 Å². The van der Waals surface area contributed by atoms with Gasteiger partial charge in [0.15, 0.2) is 0 Å². The molecule has 5 nitrogen and oxygen atoms in total. The molecule has 20 heavy (non-hydrogen) atoms. The molecule has 1 N–H and O–H groups in total. The summed E-state index contributed by atoms with van der Waals surface area (Å²) in [5.74, 6) is 0.331. The number of hydrogen-bond donors (Lipinski definition) is 1. The maximum absolute atomic E-state index is 13.2. The van der Waals surface area contributed by atoms with E-state index in [0.29, 0.717) is 17.2 Å². The van der Waals surface area contributed by atoms with Crippen LogP contribution in [0.25, 0.3) is 11.3 Å². The highest BCUT2D eigenvalue weighted by Crippen LogP contribution is 2.19. The van der Waals surface area contributed by atoms with Crippen LogP contribution in [0.1, 0.15) is 6.42 Å². The standard InChI is InChI=1S/C14H16FN5/c15-12-8-11(9-17-10-12)13-2-4-18-14(19-13)20-6-1-3-16-5-7-20/h2,4,8-10,16H,1,3,5-7H2. The molecule has 1 aliphatic heterocycles. The first-order valence-electron chi connectivity index (χ1n) is 6.72. The van der Waals surface area contributed by atoms with Crippen molar-refractivity contribution >= 4 is 5.95 Å². The summed E-state index contributed by atoms with van der Waals surface area (Å²) < 4.78 is 13.2. The van der Waals surface area contributed by atoms with Gasteiger partial charge in [0.05, 0.1) is 11.9 Å². The van der Waals surface area contributed by atoms with Gasteiger partial charge in [-0.1, -0.05) is 0 Å². The SMILES string of the molecule is Fc1cncc(-c2ccnc(N3CCCNCC3)n2)c1. The second kappa shape index (κ2) is 5.92. The highest BCUT2D eigenvalue weighted by Gasteiger charge is 2.13. The number of halogens is 1. The van der Waals surface area contributed by atoms with E-state index in [1.54, 1.807) is 18.5 Å². The molecule has 3 rings (SSSR count). The zero-order valence-corrected chi connectivity index (χ0v) is 11.1. The molecule has 0 saturated carbocycles. The molecule has 0 aromatic carbocycles. The minimum atomic E-state index is -0.360. The van der Waals surface area contributed by atoms with Crippen molar-refractivity contribution in [3.05, 3.63) is 36.5 Å². The monoisotopic (exact) mass is 273 g/mol. The molecule has 104 valence electrons. The first-order valence-corrected chi connectivity index (χ1v) is 6.72. The second-order valence-electron chi connectivity index (χ2n) is 4.72. The van der Waals surface area contributed by atoms with Crippen molar-refractivity contribution in [1.29, 1.82) is 0 Å². The summed E-state index contributed by atoms with van der Waals surface area (Å²) in [4.78, 5) is 14.9. The van der Waals surface area contributed by atoms with E-state index in [9.17, 15) is 4.39 Å². The average Bonchev–Trinajstić information content (AvgIpc) is 2.76. The molecule has 1 fully saturated rings. The van der Waals surface area contributed by atoms with Crippen LogP contribution >= 0.6 is 0 Å². The number of nitrogens with zero attached hydrogens (tertiary/aromatic N) is 4. The van der Waals surface area contributed by atoms with E-state index in [1.165, 1.54) is 12.3 Å². The Labute approximate surface area is 116 Å². The number of hydrogen-bond acceptors (Lipinski definition) is 5. The van der Waals surface area contributed by atoms with Crippen molar-refractivity contribution in [2.75, 3.05) is 31.1 Å². The summed E-state index contributed by atoms with van der Waals surface area (Å²) in [7, 11) is 0. The predicted molar refractivity (Wildman–Crippen MR) is 74.9 cm³/mol. The Kier molecular flexibility index (Phi) is 3.83. The lowest BCUT2D eigenvalue weighted by molar-refractivity contribution is 0.622. The van der Waals surface area contributed by atoms with Crippen LogP contribution in [-0.2, 0) is 0 Å². The summed E-state index contributed by atoms with van der Waals surface area (Å²) >= 11 is 0. The van der Waals surface area contributed by atoms with Gasteiger partial charge >= 0.3 is 0 Å². The fraction of sp³-hybridized carbons (Fsp3) is 0.357. The van der Waals surface area contributed by atoms with Gasteiger partial charge in [0, 0.05) is 37.6 Å². The molecule has 0 aliphatic carbocycles. The number of aromatic nitrogens is 3. The van der Waals surface area contributed by atoms with Gasteiger partial charge < -0.3 is 10.2 Å². The van der Waals surface area contributed by atoms with Crippen LogP contribution in [0.2, 0.25) is 0 Å². The minimum absolute atomic E-state index is 0.360. The first-order chi connectivity index (χ1) is 9.83. The van der Waals surface area contributed by atoms with E-state index in [4.69, 9.17) is 0 Å². The third-order valence-corrected chi connectivity index (χ3v) is 3.27. The highest BCUT2D eigenvalue weighted by atomic mass is 19.1. The Morgan fingerprint density at radius 3 is 3.05 bits per heavy atom. The fourth-order valence-electron chi connectivity index (χ4n) is 2.26. The Bertz CT molecular complexity index is 581. The van der Waals surface area contributed by atoms with E-state index in [-0.39, 0.29) is 5.82 Å². The van der Waals surface area contributed by atoms with Crippen LogP contribution < -0.4 is 10.2 Å². The summed E-state index contributed by atoms with van der Waals surface area (Å²) in [5.41, 5.74) is 1.36. The molecular weight excluding hydrogens is 257 g/mol. The van der Waals surface area contributed by atoms with Gasteiger partial charge in [0.2, 0.25) is 5.95 Å². The van der Waals surface area contributed by atoms with E-state index in [2.05, 4.69) is 25.2 Å². The zero-order valence-electron chi connectivity index (χ0n) is 11.1. The van der Waals surface area contributed by atoms with Crippen molar-refractivity contribution in [2.45, 2.75) is 6.42 Å². The van der Waals surface area contributed by atoms with Crippen LogP contribution in [0, 0.1) is 5.82 Å². The van der Waals surface area contributed by atoms with E-state index in [1.807, 2.05) is 0 Å². The lowest BCUT2D eigenvalue weighted by atomic mass is 10.2. The van der Waals surface area contributed by atoms with Crippen molar-refractivity contribution in [2.24, 2.45) is 0 Å². The predicted octanol–water partition coefficient (Wildman–Crippen LogP) is 1.48. The van der Waals surface area contributed by atoms with Crippen molar-refractivity contribution < 1.29 is 4.39 Å². The van der Waals surface area contributed by atoms with E-state index >= 15 is 0 Å². The Morgan fingerprint density at radius 2 is 2.15 bits per heavy atom. The van der Waals surface area contributed by atoms with Crippen molar-refractivity contribution in [1.82, 2.24) is 20.3 Å². The topological polar surface area (TPSA) is 53.9 Å². The van der Waals surface area contributed by atoms with Crippen LogP contribution in [0.3, 0.4) is 0 Å². The number of anilines is 1. The maximum atomic E-state index is 13.2. The smallest absolute Gasteiger partial charge is 0.225 e. The van der Waals surface area contributed by atoms with Crippen LogP contribution in [0.15, 0.2) is 30.7 Å². The lowest BCUT2D eigenvalue weighted by Gasteiger charge is -2.20. The quantitative estimate of drug-likeness (QED) is 0.898. The molecule has 2 aromatic heterocycles. The third-order valence-electron chi connectivity index (χ3n) is 3.27. The van der Waals surface area contributed by atoms with Gasteiger partial charge in [-0.05, 0) is 25.1 Å². The fourth-order valence-corrected chi connectivity index (χ4v) is 2.26.